The molecule has 0 aromatic heterocycles. The Balaban J connectivity index is 1.84. The SMILES string of the molecule is COc1ccc(CCNC(=O)CNS(=O)(=O)c2ccccc2C)cc1OC. The van der Waals surface area contributed by atoms with Crippen LogP contribution in [-0.4, -0.2) is 41.6 Å². The van der Waals surface area contributed by atoms with E-state index in [0.29, 0.717) is 30.0 Å². The first-order chi connectivity index (χ1) is 12.9. The Hall–Kier alpha value is -2.58. The normalized spacial score (nSPS) is 11.1. The highest BCUT2D eigenvalue weighted by atomic mass is 32.2. The summed E-state index contributed by atoms with van der Waals surface area (Å²) in [6, 6.07) is 12.1. The van der Waals surface area contributed by atoms with Gasteiger partial charge in [0.25, 0.3) is 0 Å². The molecule has 7 nitrogen and oxygen atoms in total. The van der Waals surface area contributed by atoms with Crippen LogP contribution in [0.15, 0.2) is 47.4 Å². The van der Waals surface area contributed by atoms with E-state index in [1.807, 2.05) is 12.1 Å². The smallest absolute Gasteiger partial charge is 0.241 e. The first kappa shape index (κ1) is 20.7. The quantitative estimate of drug-likeness (QED) is 0.677. The van der Waals surface area contributed by atoms with Crippen LogP contribution in [0.4, 0.5) is 0 Å². The molecule has 2 N–H and O–H groups in total. The van der Waals surface area contributed by atoms with Gasteiger partial charge in [0, 0.05) is 6.54 Å². The van der Waals surface area contributed by atoms with Crippen LogP contribution >= 0.6 is 0 Å². The molecular weight excluding hydrogens is 368 g/mol. The van der Waals surface area contributed by atoms with Gasteiger partial charge in [-0.1, -0.05) is 24.3 Å². The van der Waals surface area contributed by atoms with E-state index in [-0.39, 0.29) is 11.4 Å². The Morgan fingerprint density at radius 3 is 2.41 bits per heavy atom. The van der Waals surface area contributed by atoms with Crippen molar-refractivity contribution in [2.75, 3.05) is 27.3 Å². The third-order valence-corrected chi connectivity index (χ3v) is 5.55. The molecule has 0 aliphatic heterocycles. The van der Waals surface area contributed by atoms with Gasteiger partial charge < -0.3 is 14.8 Å². The standard InChI is InChI=1S/C19H24N2O5S/c1-14-6-4-5-7-18(14)27(23,24)21-13-19(22)20-11-10-15-8-9-16(25-2)17(12-15)26-3/h4-9,12,21H,10-11,13H2,1-3H3,(H,20,22). The summed E-state index contributed by atoms with van der Waals surface area (Å²) in [6.45, 7) is 1.76. The number of hydrogen-bond acceptors (Lipinski definition) is 5. The lowest BCUT2D eigenvalue weighted by Gasteiger charge is -2.11. The Bertz CT molecular complexity index is 897. The first-order valence-corrected chi connectivity index (χ1v) is 9.88. The fraction of sp³-hybridized carbons (Fsp3) is 0.316. The number of sulfonamides is 1. The van der Waals surface area contributed by atoms with E-state index in [1.54, 1.807) is 45.4 Å². The Labute approximate surface area is 159 Å². The number of hydrogen-bond donors (Lipinski definition) is 2. The van der Waals surface area contributed by atoms with Crippen molar-refractivity contribution in [3.63, 3.8) is 0 Å². The molecule has 2 aromatic carbocycles. The Kier molecular flexibility index (Phi) is 7.20. The van der Waals surface area contributed by atoms with Gasteiger partial charge in [0.2, 0.25) is 15.9 Å². The van der Waals surface area contributed by atoms with Crippen LogP contribution in [0.2, 0.25) is 0 Å². The second-order valence-corrected chi connectivity index (χ2v) is 7.61. The molecule has 146 valence electrons. The van der Waals surface area contributed by atoms with Crippen molar-refractivity contribution in [2.24, 2.45) is 0 Å². The third-order valence-electron chi connectivity index (χ3n) is 3.99. The van der Waals surface area contributed by atoms with Crippen molar-refractivity contribution in [2.45, 2.75) is 18.2 Å². The number of carbonyl (C=O) groups is 1. The van der Waals surface area contributed by atoms with Crippen molar-refractivity contribution in [3.8, 4) is 11.5 Å². The number of ether oxygens (including phenoxy) is 2. The van der Waals surface area contributed by atoms with Crippen LogP contribution in [0.5, 0.6) is 11.5 Å². The molecule has 0 fully saturated rings. The molecule has 0 aliphatic rings. The molecule has 2 aromatic rings. The van der Waals surface area contributed by atoms with Crippen molar-refractivity contribution in [1.82, 2.24) is 10.0 Å². The van der Waals surface area contributed by atoms with E-state index < -0.39 is 15.9 Å². The number of rotatable bonds is 9. The van der Waals surface area contributed by atoms with Gasteiger partial charge in [0.05, 0.1) is 25.7 Å². The maximum absolute atomic E-state index is 12.3. The summed E-state index contributed by atoms with van der Waals surface area (Å²) in [5.41, 5.74) is 1.59. The topological polar surface area (TPSA) is 93.7 Å². The Morgan fingerprint density at radius 2 is 1.74 bits per heavy atom. The highest BCUT2D eigenvalue weighted by Crippen LogP contribution is 2.27. The lowest BCUT2D eigenvalue weighted by molar-refractivity contribution is -0.119. The largest absolute Gasteiger partial charge is 0.493 e. The maximum Gasteiger partial charge on any atom is 0.241 e. The lowest BCUT2D eigenvalue weighted by Crippen LogP contribution is -2.37. The molecule has 1 amide bonds. The second kappa shape index (κ2) is 9.38. The summed E-state index contributed by atoms with van der Waals surface area (Å²) in [5, 5.41) is 2.70. The van der Waals surface area contributed by atoms with Crippen molar-refractivity contribution >= 4 is 15.9 Å². The predicted molar refractivity (Wildman–Crippen MR) is 103 cm³/mol. The molecule has 27 heavy (non-hydrogen) atoms. The number of carbonyl (C=O) groups excluding carboxylic acids is 1. The number of benzene rings is 2. The lowest BCUT2D eigenvalue weighted by atomic mass is 10.1. The van der Waals surface area contributed by atoms with E-state index in [9.17, 15) is 13.2 Å². The van der Waals surface area contributed by atoms with E-state index in [0.717, 1.165) is 5.56 Å². The monoisotopic (exact) mass is 392 g/mol. The molecule has 0 saturated heterocycles. The summed E-state index contributed by atoms with van der Waals surface area (Å²) in [5.74, 6) is 0.857. The van der Waals surface area contributed by atoms with Crippen LogP contribution < -0.4 is 19.5 Å². The van der Waals surface area contributed by atoms with Crippen LogP contribution in [0.1, 0.15) is 11.1 Å². The third kappa shape index (κ3) is 5.70. The van der Waals surface area contributed by atoms with Gasteiger partial charge in [-0.25, -0.2) is 13.1 Å². The zero-order chi connectivity index (χ0) is 19.9. The molecule has 0 heterocycles. The first-order valence-electron chi connectivity index (χ1n) is 8.40. The highest BCUT2D eigenvalue weighted by molar-refractivity contribution is 7.89. The van der Waals surface area contributed by atoms with Crippen LogP contribution in [0.25, 0.3) is 0 Å². The van der Waals surface area contributed by atoms with E-state index in [4.69, 9.17) is 9.47 Å². The van der Waals surface area contributed by atoms with Gasteiger partial charge in [-0.05, 0) is 42.7 Å². The van der Waals surface area contributed by atoms with Gasteiger partial charge in [0.15, 0.2) is 11.5 Å². The zero-order valence-corrected chi connectivity index (χ0v) is 16.4. The van der Waals surface area contributed by atoms with Crippen LogP contribution in [0, 0.1) is 6.92 Å². The summed E-state index contributed by atoms with van der Waals surface area (Å²) in [6.07, 6.45) is 0.580. The average Bonchev–Trinajstić information content (AvgIpc) is 2.66. The minimum atomic E-state index is -3.72. The molecule has 8 heteroatoms. The summed E-state index contributed by atoms with van der Waals surface area (Å²) >= 11 is 0. The zero-order valence-electron chi connectivity index (χ0n) is 15.6. The fourth-order valence-corrected chi connectivity index (χ4v) is 3.77. The maximum atomic E-state index is 12.3. The van der Waals surface area contributed by atoms with Crippen molar-refractivity contribution in [3.05, 3.63) is 53.6 Å². The molecule has 0 atom stereocenters. The molecule has 2 rings (SSSR count). The average molecular weight is 392 g/mol. The minimum Gasteiger partial charge on any atom is -0.493 e. The van der Waals surface area contributed by atoms with Gasteiger partial charge in [-0.3, -0.25) is 4.79 Å². The van der Waals surface area contributed by atoms with Crippen LogP contribution in [0.3, 0.4) is 0 Å². The summed E-state index contributed by atoms with van der Waals surface area (Å²) in [4.78, 5) is 12.1. The van der Waals surface area contributed by atoms with E-state index >= 15 is 0 Å². The van der Waals surface area contributed by atoms with E-state index in [1.165, 1.54) is 6.07 Å². The Morgan fingerprint density at radius 1 is 1.04 bits per heavy atom. The number of aryl methyl sites for hydroxylation is 1. The molecular formula is C19H24N2O5S. The van der Waals surface area contributed by atoms with Gasteiger partial charge >= 0.3 is 0 Å². The minimum absolute atomic E-state index is 0.170. The number of nitrogens with one attached hydrogen (secondary N) is 2. The van der Waals surface area contributed by atoms with Crippen molar-refractivity contribution in [1.29, 1.82) is 0 Å². The summed E-state index contributed by atoms with van der Waals surface area (Å²) < 4.78 is 37.3. The molecule has 0 unspecified atom stereocenters. The predicted octanol–water partition coefficient (Wildman–Crippen LogP) is 1.65. The van der Waals surface area contributed by atoms with Crippen LogP contribution in [-0.2, 0) is 21.2 Å². The molecule has 0 radical (unpaired) electrons. The van der Waals surface area contributed by atoms with Gasteiger partial charge in [0.1, 0.15) is 0 Å². The number of amides is 1. The van der Waals surface area contributed by atoms with E-state index in [2.05, 4.69) is 10.0 Å². The van der Waals surface area contributed by atoms with Crippen molar-refractivity contribution < 1.29 is 22.7 Å². The molecule has 0 spiro atoms. The molecule has 0 saturated carbocycles. The molecule has 0 bridgehead atoms. The second-order valence-electron chi connectivity index (χ2n) is 5.88. The molecule has 0 aliphatic carbocycles. The highest BCUT2D eigenvalue weighted by Gasteiger charge is 2.17. The van der Waals surface area contributed by atoms with Gasteiger partial charge in [-0.15, -0.1) is 0 Å². The van der Waals surface area contributed by atoms with Gasteiger partial charge in [-0.2, -0.15) is 0 Å². The fourth-order valence-electron chi connectivity index (χ4n) is 2.54. The summed E-state index contributed by atoms with van der Waals surface area (Å²) in [7, 11) is -0.596. The number of methoxy groups -OCH3 is 2.